The van der Waals surface area contributed by atoms with Crippen molar-refractivity contribution in [3.63, 3.8) is 0 Å². The van der Waals surface area contributed by atoms with Crippen LogP contribution in [-0.4, -0.2) is 46.0 Å². The zero-order valence-corrected chi connectivity index (χ0v) is 18.1. The summed E-state index contributed by atoms with van der Waals surface area (Å²) in [5, 5.41) is 7.58. The molecule has 1 amide bonds. The molecule has 9 heteroatoms. The number of halogens is 2. The van der Waals surface area contributed by atoms with E-state index in [1.165, 1.54) is 12.1 Å². The first-order chi connectivity index (χ1) is 15.0. The highest BCUT2D eigenvalue weighted by atomic mass is 35.5. The molecule has 0 unspecified atom stereocenters. The van der Waals surface area contributed by atoms with Crippen molar-refractivity contribution in [2.24, 2.45) is 0 Å². The van der Waals surface area contributed by atoms with E-state index in [1.807, 2.05) is 19.2 Å². The van der Waals surface area contributed by atoms with E-state index in [0.29, 0.717) is 23.7 Å². The summed E-state index contributed by atoms with van der Waals surface area (Å²) in [4.78, 5) is 27.1. The summed E-state index contributed by atoms with van der Waals surface area (Å²) in [6.07, 6.45) is 6.71. The minimum absolute atomic E-state index is 0.00228. The van der Waals surface area contributed by atoms with Gasteiger partial charge in [0.1, 0.15) is 29.7 Å². The molecule has 4 rings (SSSR count). The molecule has 3 N–H and O–H groups in total. The van der Waals surface area contributed by atoms with Gasteiger partial charge >= 0.3 is 0 Å². The number of benzene rings is 1. The SMILES string of the molecule is CCC[C@@H](Nc1cc(F)cc(Cl)c1)C(=O)N[C@@H]1CCCN(c2ncnc3[nH]ccc23)C1. The lowest BCUT2D eigenvalue weighted by Crippen LogP contribution is -2.51. The number of aromatic nitrogens is 3. The van der Waals surface area contributed by atoms with Crippen LogP contribution in [0.1, 0.15) is 32.6 Å². The molecule has 3 aromatic rings. The fourth-order valence-corrected chi connectivity index (χ4v) is 4.32. The van der Waals surface area contributed by atoms with E-state index in [9.17, 15) is 9.18 Å². The van der Waals surface area contributed by atoms with Gasteiger partial charge in [0.25, 0.3) is 0 Å². The van der Waals surface area contributed by atoms with E-state index in [2.05, 4.69) is 30.5 Å². The molecule has 1 aromatic carbocycles. The maximum atomic E-state index is 13.7. The number of H-pyrrole nitrogens is 1. The van der Waals surface area contributed by atoms with E-state index in [4.69, 9.17) is 11.6 Å². The van der Waals surface area contributed by atoms with Crippen LogP contribution < -0.4 is 15.5 Å². The van der Waals surface area contributed by atoms with Crippen molar-refractivity contribution in [1.82, 2.24) is 20.3 Å². The Morgan fingerprint density at radius 1 is 1.39 bits per heavy atom. The predicted octanol–water partition coefficient (Wildman–Crippen LogP) is 4.12. The van der Waals surface area contributed by atoms with Crippen molar-refractivity contribution >= 4 is 40.0 Å². The summed E-state index contributed by atoms with van der Waals surface area (Å²) < 4.78 is 13.7. The Kier molecular flexibility index (Phi) is 6.56. The van der Waals surface area contributed by atoms with Gasteiger partial charge in [-0.15, -0.1) is 0 Å². The average Bonchev–Trinajstić information content (AvgIpc) is 3.22. The molecule has 164 valence electrons. The Hall–Kier alpha value is -2.87. The largest absolute Gasteiger partial charge is 0.374 e. The van der Waals surface area contributed by atoms with Gasteiger partial charge < -0.3 is 20.5 Å². The molecule has 0 bridgehead atoms. The number of nitrogens with one attached hydrogen (secondary N) is 3. The second kappa shape index (κ2) is 9.51. The first-order valence-corrected chi connectivity index (χ1v) is 11.0. The number of carbonyl (C=O) groups is 1. The van der Waals surface area contributed by atoms with E-state index in [-0.39, 0.29) is 11.9 Å². The lowest BCUT2D eigenvalue weighted by molar-refractivity contribution is -0.122. The smallest absolute Gasteiger partial charge is 0.242 e. The van der Waals surface area contributed by atoms with Gasteiger partial charge in [0, 0.05) is 36.0 Å². The van der Waals surface area contributed by atoms with E-state index >= 15 is 0 Å². The van der Waals surface area contributed by atoms with Crippen LogP contribution >= 0.6 is 11.6 Å². The molecule has 2 aromatic heterocycles. The Labute approximate surface area is 185 Å². The molecule has 7 nitrogen and oxygen atoms in total. The Balaban J connectivity index is 1.44. The minimum atomic E-state index is -0.464. The van der Waals surface area contributed by atoms with Gasteiger partial charge in [-0.3, -0.25) is 4.79 Å². The summed E-state index contributed by atoms with van der Waals surface area (Å²) in [5.41, 5.74) is 1.30. The third kappa shape index (κ3) is 5.07. The molecule has 0 spiro atoms. The molecule has 1 fully saturated rings. The number of amides is 1. The number of piperidine rings is 1. The van der Waals surface area contributed by atoms with Crippen LogP contribution in [0, 0.1) is 5.82 Å². The van der Waals surface area contributed by atoms with Crippen molar-refractivity contribution in [3.8, 4) is 0 Å². The summed E-state index contributed by atoms with van der Waals surface area (Å²) in [7, 11) is 0. The molecule has 31 heavy (non-hydrogen) atoms. The molecule has 0 saturated carbocycles. The van der Waals surface area contributed by atoms with Crippen molar-refractivity contribution in [2.75, 3.05) is 23.3 Å². The van der Waals surface area contributed by atoms with Gasteiger partial charge in [-0.2, -0.15) is 0 Å². The molecule has 2 atom stereocenters. The highest BCUT2D eigenvalue weighted by Crippen LogP contribution is 2.25. The average molecular weight is 445 g/mol. The number of hydrogen-bond donors (Lipinski definition) is 3. The van der Waals surface area contributed by atoms with Gasteiger partial charge in [-0.25, -0.2) is 14.4 Å². The third-order valence-corrected chi connectivity index (χ3v) is 5.72. The van der Waals surface area contributed by atoms with E-state index in [1.54, 1.807) is 12.4 Å². The van der Waals surface area contributed by atoms with Crippen LogP contribution in [0.15, 0.2) is 36.8 Å². The Morgan fingerprint density at radius 3 is 3.06 bits per heavy atom. The first kappa shape index (κ1) is 21.4. The number of fused-ring (bicyclic) bond motifs is 1. The number of hydrogen-bond acceptors (Lipinski definition) is 5. The van der Waals surface area contributed by atoms with Crippen LogP contribution in [0.5, 0.6) is 0 Å². The molecule has 0 radical (unpaired) electrons. The number of aromatic amines is 1. The van der Waals surface area contributed by atoms with Gasteiger partial charge in [0.2, 0.25) is 5.91 Å². The Morgan fingerprint density at radius 2 is 2.26 bits per heavy atom. The molecule has 3 heterocycles. The standard InChI is InChI=1S/C22H26ClFN6O/c1-2-4-19(28-17-10-14(23)9-15(24)11-17)22(31)29-16-5-3-8-30(12-16)21-18-6-7-25-20(18)26-13-27-21/h6-7,9-11,13,16,19,28H,2-5,8,12H2,1H3,(H,29,31)(H,25,26,27)/t16-,19-/m1/s1. The molecule has 1 aliphatic heterocycles. The van der Waals surface area contributed by atoms with E-state index in [0.717, 1.165) is 42.7 Å². The summed E-state index contributed by atoms with van der Waals surface area (Å²) >= 11 is 5.95. The summed E-state index contributed by atoms with van der Waals surface area (Å²) in [6, 6.07) is 5.73. The maximum absolute atomic E-state index is 13.7. The van der Waals surface area contributed by atoms with Crippen molar-refractivity contribution in [2.45, 2.75) is 44.7 Å². The van der Waals surface area contributed by atoms with Crippen LogP contribution in [0.3, 0.4) is 0 Å². The summed E-state index contributed by atoms with van der Waals surface area (Å²) in [5.74, 6) is 0.348. The number of rotatable bonds is 7. The zero-order valence-electron chi connectivity index (χ0n) is 17.4. The first-order valence-electron chi connectivity index (χ1n) is 10.6. The van der Waals surface area contributed by atoms with Crippen LogP contribution in [0.4, 0.5) is 15.9 Å². The monoisotopic (exact) mass is 444 g/mol. The normalized spacial score (nSPS) is 17.5. The van der Waals surface area contributed by atoms with Crippen LogP contribution in [0.2, 0.25) is 5.02 Å². The van der Waals surface area contributed by atoms with Gasteiger partial charge in [0.15, 0.2) is 0 Å². The highest BCUT2D eigenvalue weighted by Gasteiger charge is 2.26. The maximum Gasteiger partial charge on any atom is 0.242 e. The molecule has 1 aliphatic rings. The van der Waals surface area contributed by atoms with Crippen molar-refractivity contribution < 1.29 is 9.18 Å². The molecular weight excluding hydrogens is 419 g/mol. The van der Waals surface area contributed by atoms with Crippen LogP contribution in [-0.2, 0) is 4.79 Å². The number of nitrogens with zero attached hydrogens (tertiary/aromatic N) is 3. The predicted molar refractivity (Wildman–Crippen MR) is 121 cm³/mol. The third-order valence-electron chi connectivity index (χ3n) is 5.50. The van der Waals surface area contributed by atoms with Crippen LogP contribution in [0.25, 0.3) is 11.0 Å². The molecule has 0 aliphatic carbocycles. The van der Waals surface area contributed by atoms with Gasteiger partial charge in [0.05, 0.1) is 5.39 Å². The Bertz CT molecular complexity index is 1040. The molecule has 1 saturated heterocycles. The van der Waals surface area contributed by atoms with E-state index < -0.39 is 11.9 Å². The fraction of sp³-hybridized carbons (Fsp3) is 0.409. The van der Waals surface area contributed by atoms with Gasteiger partial charge in [-0.05, 0) is 43.5 Å². The topological polar surface area (TPSA) is 85.9 Å². The minimum Gasteiger partial charge on any atom is -0.374 e. The summed E-state index contributed by atoms with van der Waals surface area (Å²) in [6.45, 7) is 3.57. The number of carbonyl (C=O) groups excluding carboxylic acids is 1. The lowest BCUT2D eigenvalue weighted by Gasteiger charge is -2.35. The van der Waals surface area contributed by atoms with Crippen molar-refractivity contribution in [1.29, 1.82) is 0 Å². The lowest BCUT2D eigenvalue weighted by atomic mass is 10.0. The van der Waals surface area contributed by atoms with Crippen molar-refractivity contribution in [3.05, 3.63) is 47.6 Å². The molecular formula is C22H26ClFN6O. The second-order valence-electron chi connectivity index (χ2n) is 7.87. The second-order valence-corrected chi connectivity index (χ2v) is 8.31. The van der Waals surface area contributed by atoms with Gasteiger partial charge in [-0.1, -0.05) is 24.9 Å². The fourth-order valence-electron chi connectivity index (χ4n) is 4.10. The highest BCUT2D eigenvalue weighted by molar-refractivity contribution is 6.30. The zero-order chi connectivity index (χ0) is 21.8. The quantitative estimate of drug-likeness (QED) is 0.510. The number of anilines is 2.